The molecule has 2 aromatic heterocycles. The maximum Gasteiger partial charge on any atom is 0.240 e. The second-order valence-electron chi connectivity index (χ2n) is 7.88. The van der Waals surface area contributed by atoms with Crippen molar-refractivity contribution in [3.63, 3.8) is 0 Å². The van der Waals surface area contributed by atoms with Gasteiger partial charge in [0.15, 0.2) is 5.82 Å². The van der Waals surface area contributed by atoms with E-state index in [-0.39, 0.29) is 17.3 Å². The third-order valence-corrected chi connectivity index (χ3v) is 7.10. The minimum Gasteiger partial charge on any atom is -0.367 e. The normalized spacial score (nSPS) is 14.8. The van der Waals surface area contributed by atoms with Gasteiger partial charge in [-0.2, -0.15) is 0 Å². The Balaban J connectivity index is 1.16. The van der Waals surface area contributed by atoms with Crippen LogP contribution in [0.15, 0.2) is 53.7 Å². The van der Waals surface area contributed by atoms with Gasteiger partial charge < -0.3 is 15.5 Å². The first-order valence-electron chi connectivity index (χ1n) is 10.7. The van der Waals surface area contributed by atoms with Crippen molar-refractivity contribution < 1.29 is 13.2 Å². The summed E-state index contributed by atoms with van der Waals surface area (Å²) in [5, 5.41) is 14.4. The van der Waals surface area contributed by atoms with Crippen molar-refractivity contribution in [2.45, 2.75) is 24.2 Å². The van der Waals surface area contributed by atoms with Crippen LogP contribution in [0.4, 0.5) is 23.0 Å². The van der Waals surface area contributed by atoms with Gasteiger partial charge >= 0.3 is 0 Å². The van der Waals surface area contributed by atoms with Gasteiger partial charge in [-0.05, 0) is 60.4 Å². The number of aromatic nitrogens is 3. The van der Waals surface area contributed by atoms with Gasteiger partial charge in [0.05, 0.1) is 22.5 Å². The number of rotatable bonds is 8. The molecule has 0 radical (unpaired) electrons. The number of anilines is 4. The van der Waals surface area contributed by atoms with Crippen LogP contribution in [0.5, 0.6) is 0 Å². The highest BCUT2D eigenvalue weighted by Crippen LogP contribution is 2.38. The SMILES string of the molecule is O=C1CCc2cc(S(=O)(=O)NCCNc3ccc(Nc4cccnc4)nn3)cc3c2N1CC3. The fourth-order valence-electron chi connectivity index (χ4n) is 4.12. The predicted molar refractivity (Wildman–Crippen MR) is 124 cm³/mol. The summed E-state index contributed by atoms with van der Waals surface area (Å²) in [5.74, 6) is 1.23. The lowest BCUT2D eigenvalue weighted by atomic mass is 10.00. The van der Waals surface area contributed by atoms with Crippen LogP contribution in [0.25, 0.3) is 0 Å². The van der Waals surface area contributed by atoms with E-state index in [1.807, 2.05) is 12.1 Å². The molecule has 1 amide bonds. The Labute approximate surface area is 191 Å². The number of hydrogen-bond acceptors (Lipinski definition) is 8. The molecule has 0 fully saturated rings. The van der Waals surface area contributed by atoms with Gasteiger partial charge in [0.1, 0.15) is 5.82 Å². The Morgan fingerprint density at radius 3 is 2.52 bits per heavy atom. The molecular weight excluding hydrogens is 442 g/mol. The van der Waals surface area contributed by atoms with E-state index in [0.29, 0.717) is 44.0 Å². The number of sulfonamides is 1. The maximum absolute atomic E-state index is 12.8. The molecule has 0 bridgehead atoms. The molecule has 5 rings (SSSR count). The van der Waals surface area contributed by atoms with Crippen LogP contribution in [0.3, 0.4) is 0 Å². The first-order valence-corrected chi connectivity index (χ1v) is 12.2. The molecule has 0 aliphatic carbocycles. The first-order chi connectivity index (χ1) is 16.0. The summed E-state index contributed by atoms with van der Waals surface area (Å²) in [4.78, 5) is 18.1. The quantitative estimate of drug-likeness (QED) is 0.430. The molecule has 0 saturated carbocycles. The zero-order valence-corrected chi connectivity index (χ0v) is 18.6. The summed E-state index contributed by atoms with van der Waals surface area (Å²) in [5.41, 5.74) is 3.57. The number of hydrogen-bond donors (Lipinski definition) is 3. The third-order valence-electron chi connectivity index (χ3n) is 5.66. The van der Waals surface area contributed by atoms with Gasteiger partial charge in [0, 0.05) is 32.3 Å². The van der Waals surface area contributed by atoms with Crippen LogP contribution >= 0.6 is 0 Å². The Hall–Kier alpha value is -3.57. The largest absolute Gasteiger partial charge is 0.367 e. The van der Waals surface area contributed by atoms with E-state index >= 15 is 0 Å². The molecule has 2 aliphatic heterocycles. The molecular formula is C22H23N7O3S. The van der Waals surface area contributed by atoms with E-state index in [4.69, 9.17) is 0 Å². The van der Waals surface area contributed by atoms with Crippen LogP contribution in [0.2, 0.25) is 0 Å². The zero-order valence-electron chi connectivity index (χ0n) is 17.8. The van der Waals surface area contributed by atoms with Gasteiger partial charge in [-0.15, -0.1) is 10.2 Å². The average molecular weight is 466 g/mol. The van der Waals surface area contributed by atoms with E-state index in [1.165, 1.54) is 0 Å². The summed E-state index contributed by atoms with van der Waals surface area (Å²) in [6.07, 6.45) is 5.06. The fraction of sp³-hybridized carbons (Fsp3) is 0.273. The van der Waals surface area contributed by atoms with Crippen molar-refractivity contribution in [1.29, 1.82) is 0 Å². The van der Waals surface area contributed by atoms with Crippen molar-refractivity contribution in [2.75, 3.05) is 35.2 Å². The summed E-state index contributed by atoms with van der Waals surface area (Å²) < 4.78 is 28.3. The van der Waals surface area contributed by atoms with E-state index < -0.39 is 10.0 Å². The summed E-state index contributed by atoms with van der Waals surface area (Å²) in [6.45, 7) is 1.17. The lowest BCUT2D eigenvalue weighted by molar-refractivity contribution is -0.118. The van der Waals surface area contributed by atoms with Gasteiger partial charge in [-0.1, -0.05) is 0 Å². The minimum atomic E-state index is -3.66. The summed E-state index contributed by atoms with van der Waals surface area (Å²) >= 11 is 0. The Morgan fingerprint density at radius 2 is 1.76 bits per heavy atom. The van der Waals surface area contributed by atoms with E-state index in [1.54, 1.807) is 41.6 Å². The molecule has 10 nitrogen and oxygen atoms in total. The van der Waals surface area contributed by atoms with Crippen molar-refractivity contribution in [1.82, 2.24) is 19.9 Å². The highest BCUT2D eigenvalue weighted by molar-refractivity contribution is 7.89. The molecule has 170 valence electrons. The fourth-order valence-corrected chi connectivity index (χ4v) is 5.25. The number of nitrogens with one attached hydrogen (secondary N) is 3. The summed E-state index contributed by atoms with van der Waals surface area (Å²) in [7, 11) is -3.66. The molecule has 0 unspecified atom stereocenters. The lowest BCUT2D eigenvalue weighted by Crippen LogP contribution is -2.33. The lowest BCUT2D eigenvalue weighted by Gasteiger charge is -2.25. The van der Waals surface area contributed by atoms with Crippen molar-refractivity contribution in [3.05, 3.63) is 59.9 Å². The van der Waals surface area contributed by atoms with Crippen LogP contribution in [0.1, 0.15) is 17.5 Å². The third kappa shape index (κ3) is 4.50. The Kier molecular flexibility index (Phi) is 5.65. The van der Waals surface area contributed by atoms with Crippen molar-refractivity contribution >= 4 is 38.9 Å². The number of nitrogens with zero attached hydrogens (tertiary/aromatic N) is 4. The number of carbonyl (C=O) groups excluding carboxylic acids is 1. The molecule has 33 heavy (non-hydrogen) atoms. The highest BCUT2D eigenvalue weighted by atomic mass is 32.2. The molecule has 4 heterocycles. The van der Waals surface area contributed by atoms with Crippen molar-refractivity contribution in [3.8, 4) is 0 Å². The number of pyridine rings is 1. The Bertz CT molecular complexity index is 1280. The van der Waals surface area contributed by atoms with Crippen LogP contribution in [-0.2, 0) is 27.7 Å². The molecule has 3 N–H and O–H groups in total. The van der Waals surface area contributed by atoms with Crippen LogP contribution in [-0.4, -0.2) is 49.1 Å². The second-order valence-corrected chi connectivity index (χ2v) is 9.65. The smallest absolute Gasteiger partial charge is 0.240 e. The molecule has 0 spiro atoms. The topological polar surface area (TPSA) is 129 Å². The molecule has 3 aromatic rings. The molecule has 1 aromatic carbocycles. The van der Waals surface area contributed by atoms with E-state index in [0.717, 1.165) is 22.5 Å². The number of aryl methyl sites for hydroxylation is 1. The summed E-state index contributed by atoms with van der Waals surface area (Å²) in [6, 6.07) is 10.6. The Morgan fingerprint density at radius 1 is 0.970 bits per heavy atom. The number of carbonyl (C=O) groups is 1. The molecule has 0 atom stereocenters. The first kappa shape index (κ1) is 21.3. The van der Waals surface area contributed by atoms with Gasteiger partial charge in [-0.3, -0.25) is 9.78 Å². The average Bonchev–Trinajstić information content (AvgIpc) is 3.26. The van der Waals surface area contributed by atoms with Gasteiger partial charge in [0.2, 0.25) is 15.9 Å². The standard InChI is InChI=1S/C22H23N7O3S/c30-21-6-3-15-12-18(13-16-7-11-29(21)22(15)16)33(31,32)25-10-9-24-19-4-5-20(28-27-19)26-17-2-1-8-23-14-17/h1-2,4-5,8,12-14,25H,3,6-7,9-11H2,(H,24,27)(H,26,28). The number of benzene rings is 1. The second kappa shape index (κ2) is 8.75. The molecule has 11 heteroatoms. The molecule has 0 saturated heterocycles. The number of amides is 1. The van der Waals surface area contributed by atoms with Crippen LogP contribution in [0, 0.1) is 0 Å². The predicted octanol–water partition coefficient (Wildman–Crippen LogP) is 1.84. The monoisotopic (exact) mass is 465 g/mol. The van der Waals surface area contributed by atoms with Crippen molar-refractivity contribution in [2.24, 2.45) is 0 Å². The van der Waals surface area contributed by atoms with Crippen LogP contribution < -0.4 is 20.3 Å². The minimum absolute atomic E-state index is 0.116. The highest BCUT2D eigenvalue weighted by Gasteiger charge is 2.32. The van der Waals surface area contributed by atoms with Gasteiger partial charge in [0.25, 0.3) is 0 Å². The van der Waals surface area contributed by atoms with E-state index in [9.17, 15) is 13.2 Å². The maximum atomic E-state index is 12.8. The molecule has 2 aliphatic rings. The van der Waals surface area contributed by atoms with E-state index in [2.05, 4.69) is 30.5 Å². The zero-order chi connectivity index (χ0) is 22.8. The van der Waals surface area contributed by atoms with Gasteiger partial charge in [-0.25, -0.2) is 13.1 Å².